The molecule has 1 amide bonds. The van der Waals surface area contributed by atoms with Crippen molar-refractivity contribution in [1.82, 2.24) is 5.32 Å². The van der Waals surface area contributed by atoms with Gasteiger partial charge in [0.1, 0.15) is 12.6 Å². The van der Waals surface area contributed by atoms with E-state index in [2.05, 4.69) is 4.74 Å². The fourth-order valence-electron chi connectivity index (χ4n) is 3.98. The number of halogens is 6. The minimum absolute atomic E-state index is 0.186. The Morgan fingerprint density at radius 1 is 0.811 bits per heavy atom. The lowest BCUT2D eigenvalue weighted by Gasteiger charge is -2.18. The van der Waals surface area contributed by atoms with Gasteiger partial charge in [0.05, 0.1) is 6.42 Å². The smallest absolute Gasteiger partial charge is 0.407 e. The number of carbonyl (C=O) groups excluding carboxylic acids is 3. The summed E-state index contributed by atoms with van der Waals surface area (Å²) < 4.78 is 77.4. The van der Waals surface area contributed by atoms with Crippen LogP contribution < -0.4 is 10.1 Å². The molecule has 1 atom stereocenters. The summed E-state index contributed by atoms with van der Waals surface area (Å²) >= 11 is 5.27. The molecule has 192 valence electrons. The van der Waals surface area contributed by atoms with Crippen LogP contribution in [0.25, 0.3) is 11.1 Å². The summed E-state index contributed by atoms with van der Waals surface area (Å²) in [5.41, 5.74) is 3.66. The second-order valence-corrected chi connectivity index (χ2v) is 8.32. The molecule has 0 heterocycles. The summed E-state index contributed by atoms with van der Waals surface area (Å²) in [5, 5.41) is 0.804. The molecule has 0 fully saturated rings. The molecule has 3 aromatic carbocycles. The third-order valence-corrected chi connectivity index (χ3v) is 5.81. The highest BCUT2D eigenvalue weighted by atomic mass is 35.5. The van der Waals surface area contributed by atoms with Crippen molar-refractivity contribution in [1.29, 1.82) is 0 Å². The molecule has 0 saturated carbocycles. The number of fused-ring (bicyclic) bond motifs is 3. The predicted molar refractivity (Wildman–Crippen MR) is 119 cm³/mol. The van der Waals surface area contributed by atoms with Crippen LogP contribution in [-0.2, 0) is 14.3 Å². The number of esters is 1. The number of ether oxygens (including phenoxy) is 2. The highest BCUT2D eigenvalue weighted by Gasteiger charge is 2.33. The van der Waals surface area contributed by atoms with Gasteiger partial charge in [-0.1, -0.05) is 48.5 Å². The van der Waals surface area contributed by atoms with Crippen LogP contribution >= 0.6 is 11.6 Å². The lowest BCUT2D eigenvalue weighted by molar-refractivity contribution is -0.138. The van der Waals surface area contributed by atoms with Crippen molar-refractivity contribution in [2.75, 3.05) is 6.61 Å². The first-order chi connectivity index (χ1) is 17.6. The number of rotatable bonds is 7. The van der Waals surface area contributed by atoms with Gasteiger partial charge >= 0.3 is 12.1 Å². The van der Waals surface area contributed by atoms with Crippen LogP contribution in [0, 0.1) is 29.1 Å². The fourth-order valence-corrected chi connectivity index (χ4v) is 4.14. The standard InChI is InChI=1S/C25H15ClF5NO5/c26-17(33)9-16(24(34)37-23-21(30)19(28)18(27)20(29)22(23)31)32-25(35)36-10-15-13-7-3-1-5-11(13)12-6-2-4-8-14(12)15/h1-8,15-16H,9-10H2,(H,32,35)/t16-/m0/s1. The fraction of sp³-hybridized carbons (Fsp3) is 0.160. The molecule has 0 radical (unpaired) electrons. The molecule has 0 saturated heterocycles. The van der Waals surface area contributed by atoms with Gasteiger partial charge in [-0.15, -0.1) is 0 Å². The van der Waals surface area contributed by atoms with Gasteiger partial charge in [0.15, 0.2) is 0 Å². The third-order valence-electron chi connectivity index (χ3n) is 5.66. The summed E-state index contributed by atoms with van der Waals surface area (Å²) in [7, 11) is 0. The zero-order chi connectivity index (χ0) is 26.9. The topological polar surface area (TPSA) is 81.7 Å². The van der Waals surface area contributed by atoms with Crippen LogP contribution in [-0.4, -0.2) is 30.0 Å². The van der Waals surface area contributed by atoms with Crippen molar-refractivity contribution in [3.8, 4) is 16.9 Å². The average Bonchev–Trinajstić information content (AvgIpc) is 3.20. The summed E-state index contributed by atoms with van der Waals surface area (Å²) in [5.74, 6) is -16.0. The SMILES string of the molecule is O=C(Cl)C[C@H](NC(=O)OCC1c2ccccc2-c2ccccc21)C(=O)Oc1c(F)c(F)c(F)c(F)c1F. The first kappa shape index (κ1) is 26.1. The molecule has 1 aliphatic carbocycles. The van der Waals surface area contributed by atoms with E-state index in [1.165, 1.54) is 0 Å². The largest absolute Gasteiger partial charge is 0.449 e. The van der Waals surface area contributed by atoms with Crippen molar-refractivity contribution in [2.45, 2.75) is 18.4 Å². The first-order valence-electron chi connectivity index (χ1n) is 10.6. The number of carbonyl (C=O) groups is 3. The molecule has 12 heteroatoms. The van der Waals surface area contributed by atoms with E-state index in [4.69, 9.17) is 16.3 Å². The van der Waals surface area contributed by atoms with Crippen molar-refractivity contribution >= 4 is 28.9 Å². The number of hydrogen-bond acceptors (Lipinski definition) is 5. The lowest BCUT2D eigenvalue weighted by atomic mass is 9.98. The van der Waals surface area contributed by atoms with E-state index < -0.39 is 64.6 Å². The second-order valence-electron chi connectivity index (χ2n) is 7.90. The number of hydrogen-bond donors (Lipinski definition) is 1. The van der Waals surface area contributed by atoms with Crippen molar-refractivity contribution < 1.29 is 45.8 Å². The van der Waals surface area contributed by atoms with E-state index in [9.17, 15) is 36.3 Å². The minimum Gasteiger partial charge on any atom is -0.449 e. The lowest BCUT2D eigenvalue weighted by Crippen LogP contribution is -2.44. The maximum Gasteiger partial charge on any atom is 0.407 e. The van der Waals surface area contributed by atoms with E-state index in [1.54, 1.807) is 0 Å². The van der Waals surface area contributed by atoms with Gasteiger partial charge in [0.25, 0.3) is 0 Å². The molecule has 0 aliphatic heterocycles. The van der Waals surface area contributed by atoms with Crippen molar-refractivity contribution in [3.63, 3.8) is 0 Å². The molecule has 1 aliphatic rings. The maximum atomic E-state index is 13.9. The zero-order valence-electron chi connectivity index (χ0n) is 18.5. The Labute approximate surface area is 210 Å². The molecular formula is C25H15ClF5NO5. The quantitative estimate of drug-likeness (QED) is 0.109. The zero-order valence-corrected chi connectivity index (χ0v) is 19.3. The number of nitrogens with one attached hydrogen (secondary N) is 1. The van der Waals surface area contributed by atoms with Crippen molar-refractivity contribution in [3.05, 3.63) is 88.7 Å². The van der Waals surface area contributed by atoms with E-state index in [1.807, 2.05) is 53.8 Å². The second kappa shape index (κ2) is 10.6. The molecule has 1 N–H and O–H groups in total. The molecular weight excluding hydrogens is 525 g/mol. The normalized spacial score (nSPS) is 12.9. The Kier molecular flexibility index (Phi) is 7.44. The third kappa shape index (κ3) is 5.12. The summed E-state index contributed by atoms with van der Waals surface area (Å²) in [4.78, 5) is 36.2. The molecule has 0 aromatic heterocycles. The van der Waals surface area contributed by atoms with Gasteiger partial charge in [-0.05, 0) is 33.9 Å². The Morgan fingerprint density at radius 3 is 1.81 bits per heavy atom. The average molecular weight is 540 g/mol. The van der Waals surface area contributed by atoms with Crippen LogP contribution in [0.1, 0.15) is 23.5 Å². The minimum atomic E-state index is -2.46. The van der Waals surface area contributed by atoms with Gasteiger partial charge in [0, 0.05) is 5.92 Å². The Morgan fingerprint density at radius 2 is 1.30 bits per heavy atom. The molecule has 6 nitrogen and oxygen atoms in total. The van der Waals surface area contributed by atoms with E-state index in [0.29, 0.717) is 0 Å². The van der Waals surface area contributed by atoms with Crippen LogP contribution in [0.5, 0.6) is 5.75 Å². The molecule has 0 spiro atoms. The predicted octanol–water partition coefficient (Wildman–Crippen LogP) is 5.35. The maximum absolute atomic E-state index is 13.9. The Balaban J connectivity index is 1.48. The van der Waals surface area contributed by atoms with E-state index >= 15 is 0 Å². The highest BCUT2D eigenvalue weighted by molar-refractivity contribution is 6.63. The van der Waals surface area contributed by atoms with Crippen LogP contribution in [0.2, 0.25) is 0 Å². The molecule has 3 aromatic rings. The van der Waals surface area contributed by atoms with E-state index in [-0.39, 0.29) is 12.5 Å². The summed E-state index contributed by atoms with van der Waals surface area (Å²) in [6.45, 7) is -0.186. The van der Waals surface area contributed by atoms with Crippen LogP contribution in [0.4, 0.5) is 26.7 Å². The first-order valence-corrected chi connectivity index (χ1v) is 11.0. The van der Waals surface area contributed by atoms with Gasteiger partial charge < -0.3 is 14.8 Å². The Hall–Kier alpha value is -3.99. The van der Waals surface area contributed by atoms with Crippen LogP contribution in [0.3, 0.4) is 0 Å². The summed E-state index contributed by atoms with van der Waals surface area (Å²) in [6.07, 6.45) is -2.15. The molecule has 0 bridgehead atoms. The van der Waals surface area contributed by atoms with Gasteiger partial charge in [-0.3, -0.25) is 4.79 Å². The van der Waals surface area contributed by atoms with Gasteiger partial charge in [-0.25, -0.2) is 22.8 Å². The highest BCUT2D eigenvalue weighted by Crippen LogP contribution is 2.44. The van der Waals surface area contributed by atoms with Crippen molar-refractivity contribution in [2.24, 2.45) is 0 Å². The van der Waals surface area contributed by atoms with Crippen LogP contribution in [0.15, 0.2) is 48.5 Å². The number of amides is 1. The van der Waals surface area contributed by atoms with E-state index in [0.717, 1.165) is 22.3 Å². The molecule has 0 unspecified atom stereocenters. The molecule has 37 heavy (non-hydrogen) atoms. The Bertz CT molecular complexity index is 1340. The number of alkyl carbamates (subject to hydrolysis) is 1. The van der Waals surface area contributed by atoms with Gasteiger partial charge in [-0.2, -0.15) is 8.78 Å². The summed E-state index contributed by atoms with van der Waals surface area (Å²) in [6, 6.07) is 12.9. The van der Waals surface area contributed by atoms with Gasteiger partial charge in [0.2, 0.25) is 40.1 Å². The molecule has 4 rings (SSSR count). The number of benzene rings is 3. The monoisotopic (exact) mass is 539 g/mol.